The highest BCUT2D eigenvalue weighted by atomic mass is 32.2. The number of H-pyrrole nitrogens is 1. The van der Waals surface area contributed by atoms with Crippen LogP contribution in [0.2, 0.25) is 0 Å². The zero-order chi connectivity index (χ0) is 22.6. The normalized spacial score (nSPS) is 15.9. The summed E-state index contributed by atoms with van der Waals surface area (Å²) in [5.41, 5.74) is 3.55. The number of hydrogen-bond donors (Lipinski definition) is 2. The molecule has 0 atom stereocenters. The lowest BCUT2D eigenvalue weighted by Gasteiger charge is -2.31. The third-order valence-corrected chi connectivity index (χ3v) is 7.53. The summed E-state index contributed by atoms with van der Waals surface area (Å²) >= 11 is 0. The van der Waals surface area contributed by atoms with Gasteiger partial charge in [0.15, 0.2) is 0 Å². The first-order valence-electron chi connectivity index (χ1n) is 10.6. The highest BCUT2D eigenvalue weighted by molar-refractivity contribution is 7.89. The third kappa shape index (κ3) is 4.89. The molecule has 0 bridgehead atoms. The van der Waals surface area contributed by atoms with E-state index in [4.69, 9.17) is 4.98 Å². The number of piperidine rings is 1. The van der Waals surface area contributed by atoms with Gasteiger partial charge in [0, 0.05) is 31.4 Å². The van der Waals surface area contributed by atoms with Crippen LogP contribution in [0.15, 0.2) is 59.8 Å². The highest BCUT2D eigenvalue weighted by Crippen LogP contribution is 2.26. The van der Waals surface area contributed by atoms with E-state index in [9.17, 15) is 12.8 Å². The molecule has 1 aliphatic rings. The number of sulfonamides is 1. The molecule has 2 N–H and O–H groups in total. The van der Waals surface area contributed by atoms with Gasteiger partial charge >= 0.3 is 0 Å². The van der Waals surface area contributed by atoms with Gasteiger partial charge < -0.3 is 5.32 Å². The number of rotatable bonds is 7. The fourth-order valence-electron chi connectivity index (χ4n) is 3.85. The van der Waals surface area contributed by atoms with E-state index in [0.717, 1.165) is 48.1 Å². The lowest BCUT2D eigenvalue weighted by atomic mass is 9.98. The van der Waals surface area contributed by atoms with Crippen molar-refractivity contribution in [3.63, 3.8) is 0 Å². The Morgan fingerprint density at radius 3 is 2.75 bits per heavy atom. The van der Waals surface area contributed by atoms with Crippen LogP contribution in [0, 0.1) is 11.7 Å². The van der Waals surface area contributed by atoms with Gasteiger partial charge in [-0.2, -0.15) is 9.40 Å². The van der Waals surface area contributed by atoms with Gasteiger partial charge in [0.05, 0.1) is 28.2 Å². The average molecular weight is 456 g/mol. The molecule has 3 aromatic rings. The maximum absolute atomic E-state index is 13.5. The van der Waals surface area contributed by atoms with Crippen LogP contribution >= 0.6 is 0 Å². The number of allylic oxidation sites excluding steroid dienone is 1. The molecule has 32 heavy (non-hydrogen) atoms. The molecule has 0 amide bonds. The SMILES string of the molecule is C/C=C\c1nc(-c2cn[nH]c2)ccc1NCC1CCN(S(=O)(=O)c2cccc(F)c2)CC1. The van der Waals surface area contributed by atoms with Gasteiger partial charge in [-0.25, -0.2) is 17.8 Å². The molecule has 1 saturated heterocycles. The molecule has 1 aliphatic heterocycles. The van der Waals surface area contributed by atoms with Crippen molar-refractivity contribution in [1.29, 1.82) is 0 Å². The fourth-order valence-corrected chi connectivity index (χ4v) is 5.35. The molecule has 9 heteroatoms. The van der Waals surface area contributed by atoms with Crippen LogP contribution in [0.4, 0.5) is 10.1 Å². The molecular weight excluding hydrogens is 429 g/mol. The number of nitrogens with one attached hydrogen (secondary N) is 2. The van der Waals surface area contributed by atoms with Gasteiger partial charge in [0.1, 0.15) is 5.82 Å². The summed E-state index contributed by atoms with van der Waals surface area (Å²) < 4.78 is 40.5. The zero-order valence-corrected chi connectivity index (χ0v) is 18.6. The first-order valence-corrected chi connectivity index (χ1v) is 12.0. The Hall–Kier alpha value is -3.04. The van der Waals surface area contributed by atoms with Gasteiger partial charge in [-0.15, -0.1) is 0 Å². The van der Waals surface area contributed by atoms with Gasteiger partial charge in [-0.05, 0) is 62.1 Å². The molecule has 0 radical (unpaired) electrons. The Morgan fingerprint density at radius 2 is 2.06 bits per heavy atom. The van der Waals surface area contributed by atoms with Gasteiger partial charge in [-0.1, -0.05) is 12.1 Å². The Morgan fingerprint density at radius 1 is 1.25 bits per heavy atom. The molecule has 2 aromatic heterocycles. The van der Waals surface area contributed by atoms with Crippen LogP contribution in [-0.2, 0) is 10.0 Å². The molecular formula is C23H26FN5O2S. The molecule has 0 aliphatic carbocycles. The number of hydrogen-bond acceptors (Lipinski definition) is 5. The summed E-state index contributed by atoms with van der Waals surface area (Å²) in [7, 11) is -3.67. The van der Waals surface area contributed by atoms with E-state index >= 15 is 0 Å². The van der Waals surface area contributed by atoms with E-state index in [1.807, 2.05) is 31.2 Å². The fraction of sp³-hybridized carbons (Fsp3) is 0.304. The Balaban J connectivity index is 1.38. The molecule has 7 nitrogen and oxygen atoms in total. The molecule has 168 valence electrons. The number of aromatic nitrogens is 3. The number of nitrogens with zero attached hydrogens (tertiary/aromatic N) is 3. The quantitative estimate of drug-likeness (QED) is 0.558. The van der Waals surface area contributed by atoms with Gasteiger partial charge in [-0.3, -0.25) is 5.10 Å². The molecule has 1 fully saturated rings. The van der Waals surface area contributed by atoms with Gasteiger partial charge in [0.2, 0.25) is 10.0 Å². The van der Waals surface area contributed by atoms with Crippen molar-refractivity contribution in [1.82, 2.24) is 19.5 Å². The van der Waals surface area contributed by atoms with Crippen LogP contribution in [-0.4, -0.2) is 47.5 Å². The topological polar surface area (TPSA) is 91.0 Å². The number of benzene rings is 1. The Kier molecular flexibility index (Phi) is 6.66. The second-order valence-electron chi connectivity index (χ2n) is 7.80. The van der Waals surface area contributed by atoms with E-state index in [1.54, 1.807) is 12.4 Å². The van der Waals surface area contributed by atoms with Crippen LogP contribution in [0.5, 0.6) is 0 Å². The van der Waals surface area contributed by atoms with Crippen molar-refractivity contribution in [3.05, 3.63) is 66.4 Å². The van der Waals surface area contributed by atoms with Crippen molar-refractivity contribution in [3.8, 4) is 11.3 Å². The van der Waals surface area contributed by atoms with Crippen LogP contribution in [0.1, 0.15) is 25.5 Å². The second-order valence-corrected chi connectivity index (χ2v) is 9.74. The molecule has 1 aromatic carbocycles. The lowest BCUT2D eigenvalue weighted by Crippen LogP contribution is -2.39. The third-order valence-electron chi connectivity index (χ3n) is 5.63. The average Bonchev–Trinajstić information content (AvgIpc) is 3.34. The Labute approximate surface area is 187 Å². The van der Waals surface area contributed by atoms with Crippen LogP contribution in [0.3, 0.4) is 0 Å². The predicted octanol–water partition coefficient (Wildman–Crippen LogP) is 4.16. The van der Waals surface area contributed by atoms with Crippen molar-refractivity contribution in [2.24, 2.45) is 5.92 Å². The van der Waals surface area contributed by atoms with Gasteiger partial charge in [0.25, 0.3) is 0 Å². The predicted molar refractivity (Wildman–Crippen MR) is 123 cm³/mol. The number of anilines is 1. The van der Waals surface area contributed by atoms with Crippen LogP contribution < -0.4 is 5.32 Å². The standard InChI is InChI=1S/C23H26FN5O2S/c1-2-4-23-22(8-7-21(28-23)18-15-26-27-16-18)25-14-17-9-11-29(12-10-17)32(30,31)20-6-3-5-19(24)13-20/h2-8,13,15-17,25H,9-12,14H2,1H3,(H,26,27)/b4-2-. The first kappa shape index (κ1) is 22.2. The monoisotopic (exact) mass is 455 g/mol. The summed E-state index contributed by atoms with van der Waals surface area (Å²) in [6.45, 7) is 3.52. The van der Waals surface area contributed by atoms with Crippen molar-refractivity contribution in [2.45, 2.75) is 24.7 Å². The molecule has 0 unspecified atom stereocenters. The van der Waals surface area contributed by atoms with Crippen molar-refractivity contribution >= 4 is 21.8 Å². The van der Waals surface area contributed by atoms with Crippen LogP contribution in [0.25, 0.3) is 17.3 Å². The number of aromatic amines is 1. The molecule has 3 heterocycles. The second kappa shape index (κ2) is 9.62. The highest BCUT2D eigenvalue weighted by Gasteiger charge is 2.29. The molecule has 0 saturated carbocycles. The minimum Gasteiger partial charge on any atom is -0.383 e. The zero-order valence-electron chi connectivity index (χ0n) is 17.8. The lowest BCUT2D eigenvalue weighted by molar-refractivity contribution is 0.282. The summed E-state index contributed by atoms with van der Waals surface area (Å²) in [5, 5.41) is 10.3. The summed E-state index contributed by atoms with van der Waals surface area (Å²) in [5.74, 6) is -0.213. The summed E-state index contributed by atoms with van der Waals surface area (Å²) in [6.07, 6.45) is 8.92. The maximum atomic E-state index is 13.5. The smallest absolute Gasteiger partial charge is 0.243 e. The van der Waals surface area contributed by atoms with E-state index in [-0.39, 0.29) is 4.90 Å². The van der Waals surface area contributed by atoms with E-state index in [0.29, 0.717) is 19.0 Å². The number of halogens is 1. The summed E-state index contributed by atoms with van der Waals surface area (Å²) in [6, 6.07) is 9.14. The van der Waals surface area contributed by atoms with E-state index in [2.05, 4.69) is 15.5 Å². The minimum atomic E-state index is -3.67. The van der Waals surface area contributed by atoms with E-state index in [1.165, 1.54) is 22.5 Å². The van der Waals surface area contributed by atoms with Crippen molar-refractivity contribution in [2.75, 3.05) is 25.0 Å². The Bertz CT molecular complexity index is 1190. The van der Waals surface area contributed by atoms with E-state index < -0.39 is 15.8 Å². The minimum absolute atomic E-state index is 0.00820. The molecule has 4 rings (SSSR count). The first-order chi connectivity index (χ1) is 15.5. The summed E-state index contributed by atoms with van der Waals surface area (Å²) in [4.78, 5) is 4.73. The maximum Gasteiger partial charge on any atom is 0.243 e. The largest absolute Gasteiger partial charge is 0.383 e. The number of pyridine rings is 1. The molecule has 0 spiro atoms. The van der Waals surface area contributed by atoms with Crippen molar-refractivity contribution < 1.29 is 12.8 Å².